The van der Waals surface area contributed by atoms with Gasteiger partial charge in [-0.15, -0.1) is 0 Å². The molecule has 3 amide bonds. The average molecular weight is 541 g/mol. The van der Waals surface area contributed by atoms with Crippen molar-refractivity contribution in [1.82, 2.24) is 9.80 Å². The van der Waals surface area contributed by atoms with E-state index >= 15 is 0 Å². The zero-order chi connectivity index (χ0) is 27.9. The molecule has 0 saturated carbocycles. The summed E-state index contributed by atoms with van der Waals surface area (Å²) in [5, 5.41) is 2.86. The van der Waals surface area contributed by atoms with Crippen LogP contribution in [0, 0.1) is 5.82 Å². The number of piperazine rings is 1. The van der Waals surface area contributed by atoms with Gasteiger partial charge in [-0.3, -0.25) is 14.5 Å². The Kier molecular flexibility index (Phi) is 9.36. The highest BCUT2D eigenvalue weighted by atomic mass is 19.1. The molecule has 2 aliphatic heterocycles. The van der Waals surface area contributed by atoms with Crippen molar-refractivity contribution < 1.29 is 23.5 Å². The second-order valence-corrected chi connectivity index (χ2v) is 10.2. The second kappa shape index (κ2) is 12.9. The predicted octanol–water partition coefficient (Wildman–Crippen LogP) is 2.28. The molecule has 2 heterocycles. The van der Waals surface area contributed by atoms with Gasteiger partial charge in [0.15, 0.2) is 0 Å². The largest absolute Gasteiger partial charge is 0.443 e. The van der Waals surface area contributed by atoms with Crippen LogP contribution in [-0.2, 0) is 20.7 Å². The number of aryl methyl sites for hydroxylation is 1. The summed E-state index contributed by atoms with van der Waals surface area (Å²) in [4.78, 5) is 43.6. The molecule has 2 fully saturated rings. The molecular formula is C28H37FN6O4. The van der Waals surface area contributed by atoms with Crippen LogP contribution in [0.15, 0.2) is 42.5 Å². The van der Waals surface area contributed by atoms with Crippen molar-refractivity contribution in [3.63, 3.8) is 0 Å². The van der Waals surface area contributed by atoms with Crippen LogP contribution >= 0.6 is 0 Å². The fraction of sp³-hybridized carbons (Fsp3) is 0.464. The molecule has 210 valence electrons. The van der Waals surface area contributed by atoms with Gasteiger partial charge in [0.05, 0.1) is 24.5 Å². The Balaban J connectivity index is 1.20. The van der Waals surface area contributed by atoms with Crippen LogP contribution < -0.4 is 20.9 Å². The fourth-order valence-corrected chi connectivity index (χ4v) is 4.82. The Morgan fingerprint density at radius 3 is 2.44 bits per heavy atom. The third-order valence-corrected chi connectivity index (χ3v) is 6.91. The monoisotopic (exact) mass is 540 g/mol. The van der Waals surface area contributed by atoms with Gasteiger partial charge >= 0.3 is 6.09 Å². The number of carbonyl (C=O) groups is 3. The smallest absolute Gasteiger partial charge is 0.414 e. The van der Waals surface area contributed by atoms with Gasteiger partial charge in [0.1, 0.15) is 11.9 Å². The van der Waals surface area contributed by atoms with Gasteiger partial charge in [0.2, 0.25) is 11.8 Å². The van der Waals surface area contributed by atoms with Crippen molar-refractivity contribution in [1.29, 1.82) is 0 Å². The normalized spacial score (nSPS) is 17.5. The molecule has 3 N–H and O–H groups in total. The van der Waals surface area contributed by atoms with Crippen molar-refractivity contribution in [2.24, 2.45) is 5.73 Å². The summed E-state index contributed by atoms with van der Waals surface area (Å²) in [6, 6.07) is 12.4. The minimum atomic E-state index is -0.522. The average Bonchev–Trinajstić information content (AvgIpc) is 3.30. The highest BCUT2D eigenvalue weighted by Gasteiger charge is 2.32. The first kappa shape index (κ1) is 28.3. The molecule has 2 aliphatic rings. The van der Waals surface area contributed by atoms with Crippen LogP contribution in [0.4, 0.5) is 26.2 Å². The lowest BCUT2D eigenvalue weighted by atomic mass is 10.1. The molecule has 0 unspecified atom stereocenters. The number of nitrogens with zero attached hydrogens (tertiary/aromatic N) is 4. The first-order valence-corrected chi connectivity index (χ1v) is 13.3. The molecule has 2 aromatic carbocycles. The lowest BCUT2D eigenvalue weighted by Crippen LogP contribution is -2.49. The van der Waals surface area contributed by atoms with Crippen molar-refractivity contribution in [2.75, 3.05) is 75.0 Å². The number of cyclic esters (lactones) is 1. The summed E-state index contributed by atoms with van der Waals surface area (Å²) in [7, 11) is 3.69. The SMILES string of the molecule is CN(C)CC(=O)Nc1ccc(CCCC(=O)N2CCN(c3ccc(N4C[C@H](CN)OC4=O)cc3F)CC2)cc1. The van der Waals surface area contributed by atoms with E-state index in [2.05, 4.69) is 5.32 Å². The molecule has 0 aromatic heterocycles. The Bertz CT molecular complexity index is 1170. The van der Waals surface area contributed by atoms with Crippen LogP contribution in [0.5, 0.6) is 0 Å². The topological polar surface area (TPSA) is 111 Å². The summed E-state index contributed by atoms with van der Waals surface area (Å²) in [6.07, 6.45) is 1.03. The Hall–Kier alpha value is -3.70. The molecule has 1 atom stereocenters. The van der Waals surface area contributed by atoms with Gasteiger partial charge in [-0.2, -0.15) is 0 Å². The molecule has 2 aromatic rings. The molecule has 0 aliphatic carbocycles. The van der Waals surface area contributed by atoms with Crippen LogP contribution in [0.2, 0.25) is 0 Å². The van der Waals surface area contributed by atoms with E-state index in [9.17, 15) is 18.8 Å². The number of nitrogens with two attached hydrogens (primary N) is 1. The van der Waals surface area contributed by atoms with Gasteiger partial charge < -0.3 is 30.5 Å². The summed E-state index contributed by atoms with van der Waals surface area (Å²) in [5.74, 6) is -0.382. The molecular weight excluding hydrogens is 503 g/mol. The van der Waals surface area contributed by atoms with Crippen molar-refractivity contribution in [2.45, 2.75) is 25.4 Å². The number of benzene rings is 2. The van der Waals surface area contributed by atoms with Crippen LogP contribution in [0.1, 0.15) is 18.4 Å². The quantitative estimate of drug-likeness (QED) is 0.476. The number of hydrogen-bond donors (Lipinski definition) is 2. The molecule has 2 saturated heterocycles. The number of anilines is 3. The molecule has 0 spiro atoms. The van der Waals surface area contributed by atoms with Gasteiger partial charge in [-0.1, -0.05) is 12.1 Å². The Morgan fingerprint density at radius 1 is 1.10 bits per heavy atom. The number of rotatable bonds is 10. The summed E-state index contributed by atoms with van der Waals surface area (Å²) in [6.45, 7) is 2.96. The zero-order valence-electron chi connectivity index (χ0n) is 22.6. The van der Waals surface area contributed by atoms with Gasteiger partial charge in [-0.25, -0.2) is 9.18 Å². The lowest BCUT2D eigenvalue weighted by Gasteiger charge is -2.36. The number of nitrogens with one attached hydrogen (secondary N) is 1. The number of hydrogen-bond acceptors (Lipinski definition) is 7. The minimum absolute atomic E-state index is 0.0621. The number of halogens is 1. The van der Waals surface area contributed by atoms with Crippen LogP contribution in [0.3, 0.4) is 0 Å². The molecule has 39 heavy (non-hydrogen) atoms. The highest BCUT2D eigenvalue weighted by Crippen LogP contribution is 2.28. The maximum absolute atomic E-state index is 15.0. The Labute approximate surface area is 228 Å². The third-order valence-electron chi connectivity index (χ3n) is 6.91. The van der Waals surface area contributed by atoms with E-state index in [0.29, 0.717) is 57.1 Å². The van der Waals surface area contributed by atoms with E-state index in [4.69, 9.17) is 10.5 Å². The van der Waals surface area contributed by atoms with Gasteiger partial charge in [-0.05, 0) is 62.8 Å². The maximum atomic E-state index is 15.0. The first-order chi connectivity index (χ1) is 18.7. The van der Waals surface area contributed by atoms with Crippen molar-refractivity contribution >= 4 is 35.0 Å². The summed E-state index contributed by atoms with van der Waals surface area (Å²) < 4.78 is 20.1. The number of carbonyl (C=O) groups excluding carboxylic acids is 3. The number of ether oxygens (including phenoxy) is 1. The lowest BCUT2D eigenvalue weighted by molar-refractivity contribution is -0.131. The zero-order valence-corrected chi connectivity index (χ0v) is 22.6. The van der Waals surface area contributed by atoms with E-state index in [-0.39, 0.29) is 18.4 Å². The van der Waals surface area contributed by atoms with Crippen molar-refractivity contribution in [3.8, 4) is 0 Å². The molecule has 0 bridgehead atoms. The van der Waals surface area contributed by atoms with E-state index in [1.807, 2.05) is 53.1 Å². The number of amides is 3. The highest BCUT2D eigenvalue weighted by molar-refractivity contribution is 5.92. The van der Waals surface area contributed by atoms with Crippen molar-refractivity contribution in [3.05, 3.63) is 53.8 Å². The summed E-state index contributed by atoms with van der Waals surface area (Å²) in [5.41, 5.74) is 8.33. The summed E-state index contributed by atoms with van der Waals surface area (Å²) >= 11 is 0. The van der Waals surface area contributed by atoms with Crippen LogP contribution in [-0.4, -0.2) is 93.7 Å². The van der Waals surface area contributed by atoms with E-state index < -0.39 is 18.0 Å². The minimum Gasteiger partial charge on any atom is -0.443 e. The molecule has 11 heteroatoms. The van der Waals surface area contributed by atoms with Gasteiger partial charge in [0, 0.05) is 44.8 Å². The molecule has 0 radical (unpaired) electrons. The van der Waals surface area contributed by atoms with E-state index in [1.165, 1.54) is 11.0 Å². The predicted molar refractivity (Wildman–Crippen MR) is 148 cm³/mol. The fourth-order valence-electron chi connectivity index (χ4n) is 4.82. The molecule has 4 rings (SSSR count). The first-order valence-electron chi connectivity index (χ1n) is 13.3. The van der Waals surface area contributed by atoms with E-state index in [0.717, 1.165) is 24.1 Å². The second-order valence-electron chi connectivity index (χ2n) is 10.2. The standard InChI is InChI=1S/C28H37FN6O4/c1-32(2)19-26(36)31-21-8-6-20(7-9-21)4-3-5-27(37)34-14-12-33(13-15-34)25-11-10-22(16-24(25)29)35-18-23(17-30)39-28(35)38/h6-11,16,23H,3-5,12-15,17-19,30H2,1-2H3,(H,31,36)/t23-/m0/s1. The Morgan fingerprint density at radius 2 is 1.82 bits per heavy atom. The van der Waals surface area contributed by atoms with Crippen LogP contribution in [0.25, 0.3) is 0 Å². The van der Waals surface area contributed by atoms with E-state index in [1.54, 1.807) is 12.1 Å². The maximum Gasteiger partial charge on any atom is 0.414 e. The third kappa shape index (κ3) is 7.45. The number of likely N-dealkylation sites (N-methyl/N-ethyl adjacent to an activating group) is 1. The molecule has 10 nitrogen and oxygen atoms in total. The van der Waals surface area contributed by atoms with Gasteiger partial charge in [0.25, 0.3) is 0 Å².